The van der Waals surface area contributed by atoms with Crippen molar-refractivity contribution in [1.82, 2.24) is 4.90 Å². The van der Waals surface area contributed by atoms with E-state index in [1.54, 1.807) is 45.5 Å². The molecule has 0 aromatic heterocycles. The third kappa shape index (κ3) is 4.76. The Morgan fingerprint density at radius 3 is 2.28 bits per heavy atom. The van der Waals surface area contributed by atoms with Crippen LogP contribution in [-0.2, 0) is 0 Å². The molecule has 0 spiro atoms. The fourth-order valence-electron chi connectivity index (χ4n) is 3.19. The smallest absolute Gasteiger partial charge is 0.253 e. The second-order valence-corrected chi connectivity index (χ2v) is 6.76. The van der Waals surface area contributed by atoms with Crippen molar-refractivity contribution >= 4 is 5.91 Å². The van der Waals surface area contributed by atoms with Gasteiger partial charge >= 0.3 is 0 Å². The van der Waals surface area contributed by atoms with Gasteiger partial charge in [0.15, 0.2) is 11.5 Å². The summed E-state index contributed by atoms with van der Waals surface area (Å²) in [6.45, 7) is 0.157. The van der Waals surface area contributed by atoms with Crippen LogP contribution in [0.2, 0.25) is 0 Å². The highest BCUT2D eigenvalue weighted by Gasteiger charge is 2.18. The second kappa shape index (κ2) is 9.26. The highest BCUT2D eigenvalue weighted by atomic mass is 16.5. The summed E-state index contributed by atoms with van der Waals surface area (Å²) in [5, 5.41) is 10.6. The van der Waals surface area contributed by atoms with Gasteiger partial charge in [0.2, 0.25) is 0 Å². The lowest BCUT2D eigenvalue weighted by Crippen LogP contribution is -2.31. The maximum atomic E-state index is 12.9. The molecule has 5 heteroatoms. The average Bonchev–Trinajstić information content (AvgIpc) is 2.78. The zero-order chi connectivity index (χ0) is 20.8. The summed E-state index contributed by atoms with van der Waals surface area (Å²) < 4.78 is 10.5. The van der Waals surface area contributed by atoms with Crippen LogP contribution < -0.4 is 9.47 Å². The van der Waals surface area contributed by atoms with Crippen LogP contribution in [0.15, 0.2) is 72.8 Å². The number of hydrogen-bond acceptors (Lipinski definition) is 4. The fraction of sp³-hybridized carbons (Fsp3) is 0.208. The summed E-state index contributed by atoms with van der Waals surface area (Å²) in [5.41, 5.74) is 3.26. The summed E-state index contributed by atoms with van der Waals surface area (Å²) in [6.07, 6.45) is -0.846. The fourth-order valence-corrected chi connectivity index (χ4v) is 3.19. The van der Waals surface area contributed by atoms with Gasteiger partial charge in [0.1, 0.15) is 0 Å². The van der Waals surface area contributed by atoms with E-state index < -0.39 is 6.10 Å². The normalized spacial score (nSPS) is 11.6. The van der Waals surface area contributed by atoms with Crippen molar-refractivity contribution in [2.75, 3.05) is 27.8 Å². The molecule has 3 aromatic carbocycles. The third-order valence-corrected chi connectivity index (χ3v) is 4.80. The molecule has 0 aliphatic rings. The molecule has 3 aromatic rings. The van der Waals surface area contributed by atoms with E-state index in [2.05, 4.69) is 0 Å². The van der Waals surface area contributed by atoms with E-state index in [1.807, 2.05) is 48.5 Å². The highest BCUT2D eigenvalue weighted by molar-refractivity contribution is 5.95. The molecule has 0 saturated heterocycles. The van der Waals surface area contributed by atoms with Crippen LogP contribution in [0.25, 0.3) is 11.1 Å². The largest absolute Gasteiger partial charge is 0.493 e. The summed E-state index contributed by atoms with van der Waals surface area (Å²) >= 11 is 0. The van der Waals surface area contributed by atoms with Gasteiger partial charge in [-0.3, -0.25) is 4.79 Å². The Labute approximate surface area is 171 Å². The van der Waals surface area contributed by atoms with Gasteiger partial charge in [-0.05, 0) is 41.0 Å². The Morgan fingerprint density at radius 1 is 0.897 bits per heavy atom. The molecule has 5 nitrogen and oxygen atoms in total. The lowest BCUT2D eigenvalue weighted by atomic mass is 10.0. The Balaban J connectivity index is 1.74. The number of likely N-dealkylation sites (N-methyl/N-ethyl adjacent to an activating group) is 1. The van der Waals surface area contributed by atoms with E-state index in [4.69, 9.17) is 9.47 Å². The number of hydrogen-bond donors (Lipinski definition) is 1. The van der Waals surface area contributed by atoms with E-state index in [9.17, 15) is 9.90 Å². The first-order valence-electron chi connectivity index (χ1n) is 9.34. The zero-order valence-corrected chi connectivity index (χ0v) is 16.8. The summed E-state index contributed by atoms with van der Waals surface area (Å²) in [6, 6.07) is 22.6. The topological polar surface area (TPSA) is 59.0 Å². The first-order chi connectivity index (χ1) is 14.0. The van der Waals surface area contributed by atoms with Crippen molar-refractivity contribution in [3.63, 3.8) is 0 Å². The molecular weight excluding hydrogens is 366 g/mol. The number of methoxy groups -OCH3 is 2. The maximum Gasteiger partial charge on any atom is 0.253 e. The standard InChI is InChI=1S/C24H25NO4/c1-25(16-21(26)19-12-13-22(28-2)23(15-19)29-3)24(27)20-11-7-10-18(14-20)17-8-5-4-6-9-17/h4-15,21,26H,16H2,1-3H3. The van der Waals surface area contributed by atoms with Crippen molar-refractivity contribution in [3.8, 4) is 22.6 Å². The van der Waals surface area contributed by atoms with Crippen molar-refractivity contribution in [1.29, 1.82) is 0 Å². The monoisotopic (exact) mass is 391 g/mol. The highest BCUT2D eigenvalue weighted by Crippen LogP contribution is 2.30. The number of carbonyl (C=O) groups is 1. The van der Waals surface area contributed by atoms with Gasteiger partial charge in [0, 0.05) is 12.6 Å². The Bertz CT molecular complexity index is 972. The molecule has 0 aliphatic carbocycles. The van der Waals surface area contributed by atoms with Crippen LogP contribution >= 0.6 is 0 Å². The number of carbonyl (C=O) groups excluding carboxylic acids is 1. The van der Waals surface area contributed by atoms with Gasteiger partial charge in [-0.1, -0.05) is 48.5 Å². The van der Waals surface area contributed by atoms with Crippen LogP contribution in [0.4, 0.5) is 0 Å². The molecule has 0 saturated carbocycles. The lowest BCUT2D eigenvalue weighted by Gasteiger charge is -2.22. The summed E-state index contributed by atoms with van der Waals surface area (Å²) in [7, 11) is 4.79. The molecule has 1 amide bonds. The minimum atomic E-state index is -0.846. The molecule has 0 fully saturated rings. The molecule has 150 valence electrons. The van der Waals surface area contributed by atoms with Crippen LogP contribution in [0.1, 0.15) is 22.0 Å². The van der Waals surface area contributed by atoms with Crippen molar-refractivity contribution in [2.45, 2.75) is 6.10 Å². The molecule has 3 rings (SSSR count). The van der Waals surface area contributed by atoms with Gasteiger partial charge in [0.05, 0.1) is 26.9 Å². The van der Waals surface area contributed by atoms with Gasteiger partial charge < -0.3 is 19.5 Å². The van der Waals surface area contributed by atoms with Gasteiger partial charge in [-0.15, -0.1) is 0 Å². The van der Waals surface area contributed by atoms with Crippen molar-refractivity contribution in [2.24, 2.45) is 0 Å². The third-order valence-electron chi connectivity index (χ3n) is 4.80. The Morgan fingerprint density at radius 2 is 1.59 bits per heavy atom. The molecule has 0 bridgehead atoms. The van der Waals surface area contributed by atoms with Crippen LogP contribution in [0.5, 0.6) is 11.5 Å². The minimum absolute atomic E-state index is 0.151. The van der Waals surface area contributed by atoms with Gasteiger partial charge in [-0.2, -0.15) is 0 Å². The minimum Gasteiger partial charge on any atom is -0.493 e. The quantitative estimate of drug-likeness (QED) is 0.657. The average molecular weight is 391 g/mol. The van der Waals surface area contributed by atoms with E-state index >= 15 is 0 Å². The molecule has 1 N–H and O–H groups in total. The predicted octanol–water partition coefficient (Wildman–Crippen LogP) is 4.18. The summed E-state index contributed by atoms with van der Waals surface area (Å²) in [5.74, 6) is 0.974. The van der Waals surface area contributed by atoms with Crippen LogP contribution in [0, 0.1) is 0 Å². The van der Waals surface area contributed by atoms with Gasteiger partial charge in [-0.25, -0.2) is 0 Å². The molecule has 0 heterocycles. The first-order valence-corrected chi connectivity index (χ1v) is 9.34. The number of amides is 1. The van der Waals surface area contributed by atoms with E-state index in [0.717, 1.165) is 11.1 Å². The molecule has 0 aliphatic heterocycles. The number of aliphatic hydroxyl groups excluding tert-OH is 1. The number of benzene rings is 3. The number of rotatable bonds is 7. The molecular formula is C24H25NO4. The number of ether oxygens (including phenoxy) is 2. The Hall–Kier alpha value is -3.31. The number of aliphatic hydroxyl groups is 1. The van der Waals surface area contributed by atoms with E-state index in [1.165, 1.54) is 4.90 Å². The molecule has 1 atom stereocenters. The van der Waals surface area contributed by atoms with E-state index in [-0.39, 0.29) is 12.5 Å². The zero-order valence-electron chi connectivity index (χ0n) is 16.8. The predicted molar refractivity (Wildman–Crippen MR) is 113 cm³/mol. The summed E-state index contributed by atoms with van der Waals surface area (Å²) in [4.78, 5) is 14.4. The second-order valence-electron chi connectivity index (χ2n) is 6.76. The van der Waals surface area contributed by atoms with Crippen LogP contribution in [-0.4, -0.2) is 43.7 Å². The molecule has 1 unspecified atom stereocenters. The molecule has 29 heavy (non-hydrogen) atoms. The number of nitrogens with zero attached hydrogens (tertiary/aromatic N) is 1. The molecule has 0 radical (unpaired) electrons. The maximum absolute atomic E-state index is 12.9. The first kappa shape index (κ1) is 20.4. The SMILES string of the molecule is COc1ccc(C(O)CN(C)C(=O)c2cccc(-c3ccccc3)c2)cc1OC. The van der Waals surface area contributed by atoms with E-state index in [0.29, 0.717) is 22.6 Å². The van der Waals surface area contributed by atoms with Crippen molar-refractivity contribution in [3.05, 3.63) is 83.9 Å². The van der Waals surface area contributed by atoms with Crippen LogP contribution in [0.3, 0.4) is 0 Å². The van der Waals surface area contributed by atoms with Crippen molar-refractivity contribution < 1.29 is 19.4 Å². The van der Waals surface area contributed by atoms with Gasteiger partial charge in [0.25, 0.3) is 5.91 Å². The lowest BCUT2D eigenvalue weighted by molar-refractivity contribution is 0.0680. The Kier molecular flexibility index (Phi) is 6.52.